The first-order valence-corrected chi connectivity index (χ1v) is 9.77. The van der Waals surface area contributed by atoms with Crippen LogP contribution in [0.1, 0.15) is 23.6 Å². The Hall–Kier alpha value is -2.86. The van der Waals surface area contributed by atoms with Gasteiger partial charge in [0.15, 0.2) is 0 Å². The largest absolute Gasteiger partial charge is 0.347 e. The number of likely N-dealkylation sites (N-methyl/N-ethyl adjacent to an activating group) is 1. The minimum Gasteiger partial charge on any atom is -0.347 e. The summed E-state index contributed by atoms with van der Waals surface area (Å²) in [5.74, 6) is -0.383. The first-order valence-electron chi connectivity index (χ1n) is 9.39. The number of rotatable bonds is 4. The van der Waals surface area contributed by atoms with Crippen LogP contribution in [0.15, 0.2) is 42.5 Å². The van der Waals surface area contributed by atoms with Crippen LogP contribution in [0.2, 0.25) is 5.02 Å². The Bertz CT molecular complexity index is 941. The molecule has 0 saturated carbocycles. The van der Waals surface area contributed by atoms with Crippen LogP contribution in [0.5, 0.6) is 0 Å². The Morgan fingerprint density at radius 3 is 2.41 bits per heavy atom. The summed E-state index contributed by atoms with van der Waals surface area (Å²) in [5, 5.41) is 3.38. The van der Waals surface area contributed by atoms with Crippen molar-refractivity contribution in [2.45, 2.75) is 32.4 Å². The molecular formula is C22H24ClN3O3. The van der Waals surface area contributed by atoms with E-state index in [1.807, 2.05) is 30.3 Å². The lowest BCUT2D eigenvalue weighted by Crippen LogP contribution is -2.52. The van der Waals surface area contributed by atoms with E-state index in [4.69, 9.17) is 11.6 Å². The molecule has 0 aliphatic carbocycles. The SMILES string of the molecule is CC(=O)Nc1ccc2c(c1)CN(C(=O)Cc1ccc(Cl)cc1)[C@H](C(=O)N(C)C)C2. The summed E-state index contributed by atoms with van der Waals surface area (Å²) in [6, 6.07) is 12.2. The summed E-state index contributed by atoms with van der Waals surface area (Å²) in [7, 11) is 3.39. The Balaban J connectivity index is 1.89. The molecule has 7 heteroatoms. The maximum Gasteiger partial charge on any atom is 0.245 e. The summed E-state index contributed by atoms with van der Waals surface area (Å²) in [5.41, 5.74) is 3.46. The van der Waals surface area contributed by atoms with Crippen molar-refractivity contribution in [3.05, 3.63) is 64.2 Å². The normalized spacial score (nSPS) is 15.4. The van der Waals surface area contributed by atoms with Crippen molar-refractivity contribution in [1.82, 2.24) is 9.80 Å². The number of hydrogen-bond acceptors (Lipinski definition) is 3. The van der Waals surface area contributed by atoms with Gasteiger partial charge in [0.25, 0.3) is 0 Å². The third-order valence-corrected chi connectivity index (χ3v) is 5.22. The van der Waals surface area contributed by atoms with Gasteiger partial charge in [0.05, 0.1) is 6.42 Å². The highest BCUT2D eigenvalue weighted by atomic mass is 35.5. The third-order valence-electron chi connectivity index (χ3n) is 4.97. The number of carbonyl (C=O) groups excluding carboxylic acids is 3. The van der Waals surface area contributed by atoms with Gasteiger partial charge in [-0.25, -0.2) is 0 Å². The fourth-order valence-corrected chi connectivity index (χ4v) is 3.65. The van der Waals surface area contributed by atoms with Crippen molar-refractivity contribution < 1.29 is 14.4 Å². The van der Waals surface area contributed by atoms with Gasteiger partial charge >= 0.3 is 0 Å². The molecular weight excluding hydrogens is 390 g/mol. The van der Waals surface area contributed by atoms with Crippen molar-refractivity contribution in [1.29, 1.82) is 0 Å². The van der Waals surface area contributed by atoms with Crippen molar-refractivity contribution in [2.75, 3.05) is 19.4 Å². The summed E-state index contributed by atoms with van der Waals surface area (Å²) in [6.07, 6.45) is 0.633. The fraction of sp³-hybridized carbons (Fsp3) is 0.318. The van der Waals surface area contributed by atoms with Crippen LogP contribution in [0.3, 0.4) is 0 Å². The van der Waals surface area contributed by atoms with Crippen molar-refractivity contribution in [2.24, 2.45) is 0 Å². The second-order valence-electron chi connectivity index (χ2n) is 7.44. The monoisotopic (exact) mass is 413 g/mol. The molecule has 0 bridgehead atoms. The van der Waals surface area contributed by atoms with Gasteiger partial charge < -0.3 is 15.1 Å². The zero-order chi connectivity index (χ0) is 21.1. The first-order chi connectivity index (χ1) is 13.7. The quantitative estimate of drug-likeness (QED) is 0.837. The minimum atomic E-state index is -0.552. The van der Waals surface area contributed by atoms with Gasteiger partial charge in [-0.3, -0.25) is 14.4 Å². The maximum absolute atomic E-state index is 13.1. The smallest absolute Gasteiger partial charge is 0.245 e. The molecule has 0 aromatic heterocycles. The van der Waals surface area contributed by atoms with E-state index in [0.717, 1.165) is 16.7 Å². The molecule has 29 heavy (non-hydrogen) atoms. The highest BCUT2D eigenvalue weighted by Crippen LogP contribution is 2.28. The highest BCUT2D eigenvalue weighted by Gasteiger charge is 2.35. The molecule has 1 aliphatic heterocycles. The Kier molecular flexibility index (Phi) is 6.23. The van der Waals surface area contributed by atoms with Gasteiger partial charge in [0, 0.05) is 44.7 Å². The second-order valence-corrected chi connectivity index (χ2v) is 7.88. The molecule has 0 spiro atoms. The Labute approximate surface area is 175 Å². The van der Waals surface area contributed by atoms with Crippen molar-refractivity contribution >= 4 is 35.0 Å². The molecule has 3 rings (SSSR count). The fourth-order valence-electron chi connectivity index (χ4n) is 3.52. The van der Waals surface area contributed by atoms with Gasteiger partial charge in [0.2, 0.25) is 17.7 Å². The standard InChI is InChI=1S/C22H24ClN3O3/c1-14(27)24-19-9-6-16-12-20(22(29)25(2)3)26(13-17(16)11-19)21(28)10-15-4-7-18(23)8-5-15/h4-9,11,20H,10,12-13H2,1-3H3,(H,24,27)/t20-/m0/s1. The maximum atomic E-state index is 13.1. The van der Waals surface area contributed by atoms with Crippen molar-refractivity contribution in [3.63, 3.8) is 0 Å². The summed E-state index contributed by atoms with van der Waals surface area (Å²) in [4.78, 5) is 40.4. The van der Waals surface area contributed by atoms with Crippen LogP contribution in [0, 0.1) is 0 Å². The zero-order valence-corrected chi connectivity index (χ0v) is 17.5. The number of benzene rings is 2. The summed E-state index contributed by atoms with van der Waals surface area (Å²) < 4.78 is 0. The van der Waals surface area contributed by atoms with Crippen LogP contribution in [0.4, 0.5) is 5.69 Å². The van der Waals surface area contributed by atoms with E-state index in [1.54, 1.807) is 31.1 Å². The van der Waals surface area contributed by atoms with Crippen LogP contribution >= 0.6 is 11.6 Å². The lowest BCUT2D eigenvalue weighted by atomic mass is 9.92. The van der Waals surface area contributed by atoms with E-state index in [9.17, 15) is 14.4 Å². The lowest BCUT2D eigenvalue weighted by Gasteiger charge is -2.37. The summed E-state index contributed by atoms with van der Waals surface area (Å²) >= 11 is 5.93. The molecule has 6 nitrogen and oxygen atoms in total. The van der Waals surface area contributed by atoms with E-state index < -0.39 is 6.04 Å². The van der Waals surface area contributed by atoms with Gasteiger partial charge in [-0.1, -0.05) is 29.8 Å². The number of hydrogen-bond donors (Lipinski definition) is 1. The molecule has 152 valence electrons. The number of nitrogens with one attached hydrogen (secondary N) is 1. The molecule has 1 atom stereocenters. The predicted molar refractivity (Wildman–Crippen MR) is 113 cm³/mol. The van der Waals surface area contributed by atoms with Crippen LogP contribution in [0.25, 0.3) is 0 Å². The van der Waals surface area contributed by atoms with E-state index in [1.165, 1.54) is 11.8 Å². The number of anilines is 1. The molecule has 1 heterocycles. The first kappa shape index (κ1) is 20.9. The second kappa shape index (κ2) is 8.66. The van der Waals surface area contributed by atoms with E-state index in [-0.39, 0.29) is 24.1 Å². The number of nitrogens with zero attached hydrogens (tertiary/aromatic N) is 2. The average Bonchev–Trinajstić information content (AvgIpc) is 2.67. The molecule has 0 radical (unpaired) electrons. The van der Waals surface area contributed by atoms with Crippen molar-refractivity contribution in [3.8, 4) is 0 Å². The number of fused-ring (bicyclic) bond motifs is 1. The molecule has 0 unspecified atom stereocenters. The highest BCUT2D eigenvalue weighted by molar-refractivity contribution is 6.30. The van der Waals surface area contributed by atoms with Gasteiger partial charge in [0.1, 0.15) is 6.04 Å². The van der Waals surface area contributed by atoms with Crippen LogP contribution in [-0.2, 0) is 33.8 Å². The third kappa shape index (κ3) is 4.95. The van der Waals surface area contributed by atoms with E-state index >= 15 is 0 Å². The van der Waals surface area contributed by atoms with Gasteiger partial charge in [-0.05, 0) is 41.0 Å². The lowest BCUT2D eigenvalue weighted by molar-refractivity contribution is -0.145. The predicted octanol–water partition coefficient (Wildman–Crippen LogP) is 2.88. The molecule has 2 aromatic rings. The Morgan fingerprint density at radius 1 is 1.10 bits per heavy atom. The van der Waals surface area contributed by atoms with E-state index in [0.29, 0.717) is 23.7 Å². The minimum absolute atomic E-state index is 0.106. The topological polar surface area (TPSA) is 69.7 Å². The van der Waals surface area contributed by atoms with Crippen LogP contribution < -0.4 is 5.32 Å². The van der Waals surface area contributed by atoms with E-state index in [2.05, 4.69) is 5.32 Å². The summed E-state index contributed by atoms with van der Waals surface area (Å²) in [6.45, 7) is 1.77. The Morgan fingerprint density at radius 2 is 1.79 bits per heavy atom. The number of carbonyl (C=O) groups is 3. The number of halogens is 1. The molecule has 3 amide bonds. The molecule has 1 aliphatic rings. The molecule has 0 fully saturated rings. The zero-order valence-electron chi connectivity index (χ0n) is 16.7. The number of amides is 3. The van der Waals surface area contributed by atoms with Crippen LogP contribution in [-0.4, -0.2) is 47.7 Å². The molecule has 1 N–H and O–H groups in total. The van der Waals surface area contributed by atoms with Gasteiger partial charge in [-0.15, -0.1) is 0 Å². The van der Waals surface area contributed by atoms with Gasteiger partial charge in [-0.2, -0.15) is 0 Å². The molecule has 0 saturated heterocycles. The molecule has 2 aromatic carbocycles. The average molecular weight is 414 g/mol.